The maximum Gasteiger partial charge on any atom is 0.408 e. The molecule has 0 radical (unpaired) electrons. The van der Waals surface area contributed by atoms with Crippen molar-refractivity contribution in [1.82, 2.24) is 57.3 Å². The molecule has 1 aliphatic rings. The number of primary amides is 1. The lowest BCUT2D eigenvalue weighted by atomic mass is 9.89. The molecule has 3 aromatic rings. The van der Waals surface area contributed by atoms with E-state index in [-0.39, 0.29) is 68.5 Å². The maximum atomic E-state index is 14.8. The summed E-state index contributed by atoms with van der Waals surface area (Å²) in [7, 11) is 4.68. The number of unbranched alkanes of at least 4 members (excludes halogenated alkanes) is 1. The van der Waals surface area contributed by atoms with Crippen LogP contribution in [0.3, 0.4) is 0 Å². The zero-order valence-electron chi connectivity index (χ0n) is 60.2. The van der Waals surface area contributed by atoms with Crippen LogP contribution in [0.2, 0.25) is 0 Å². The molecular formula is C70H110N14O14S. The van der Waals surface area contributed by atoms with E-state index in [1.54, 1.807) is 84.1 Å². The lowest BCUT2D eigenvalue weighted by Gasteiger charge is -2.41. The first-order valence-corrected chi connectivity index (χ1v) is 35.2. The first kappa shape index (κ1) is 83.1. The number of nitrogens with zero attached hydrogens (tertiary/aromatic N) is 3. The second-order valence-electron chi connectivity index (χ2n) is 26.7. The molecule has 1 aliphatic heterocycles. The molecule has 1 aromatic heterocycles. The van der Waals surface area contributed by atoms with Crippen molar-refractivity contribution >= 4 is 82.3 Å². The molecule has 0 bridgehead atoms. The number of ether oxygens (including phenoxy) is 3. The number of likely N-dealkylation sites (tertiary alicyclic amines) is 1. The van der Waals surface area contributed by atoms with Crippen molar-refractivity contribution in [3.63, 3.8) is 0 Å². The molecule has 29 heteroatoms. The number of likely N-dealkylation sites (N-methyl/N-ethyl adjacent to an activating group) is 1. The number of anilines is 1. The van der Waals surface area contributed by atoms with Crippen LogP contribution >= 0.6 is 11.3 Å². The Morgan fingerprint density at radius 2 is 1.36 bits per heavy atom. The Kier molecular flexibility index (Phi) is 34.7. The normalized spacial score (nSPS) is 16.4. The summed E-state index contributed by atoms with van der Waals surface area (Å²) in [6.45, 7) is 19.5. The number of hydrogen-bond acceptors (Lipinski definition) is 17. The summed E-state index contributed by atoms with van der Waals surface area (Å²) < 4.78 is 17.7. The van der Waals surface area contributed by atoms with E-state index in [1.165, 1.54) is 44.1 Å². The second kappa shape index (κ2) is 41.3. The van der Waals surface area contributed by atoms with Crippen LogP contribution in [0.15, 0.2) is 66.2 Å². The number of alkyl carbamates (subject to hydrolysis) is 1. The molecular weight excluding hydrogens is 1290 g/mol. The minimum Gasteiger partial charge on any atom is -0.445 e. The van der Waals surface area contributed by atoms with Crippen molar-refractivity contribution < 1.29 is 67.0 Å². The molecule has 13 N–H and O–H groups in total. The molecule has 2 aromatic carbocycles. The van der Waals surface area contributed by atoms with Gasteiger partial charge in [0.2, 0.25) is 53.2 Å². The van der Waals surface area contributed by atoms with Crippen LogP contribution in [-0.4, -0.2) is 181 Å². The van der Waals surface area contributed by atoms with Crippen LogP contribution in [0.25, 0.3) is 0 Å². The SMILES string of the molecule is CCC(=O)NCCCC[C@H](NC(=O)[C@@H](C)N)C(=O)N[C@H](C(=O)N[C@@H](CCCNC(N)=O)C(=O)Nc1ccc(COC(=O)NC(C)(C)C(=O)N[C@H](C(=O)N(C)[C@@H]([C@@H](C)CC)[C@@H](CC(=O)N2CCCC2[C@H](OC)C(C)C(=O)N[C@@H](Cc2ccccc2)c2nccs2)OC)C(C)C)cc1)C(C)C. The van der Waals surface area contributed by atoms with Gasteiger partial charge in [-0.1, -0.05) is 104 Å². The molecule has 2 unspecified atom stereocenters. The predicted octanol–water partition coefficient (Wildman–Crippen LogP) is 4.85. The van der Waals surface area contributed by atoms with Crippen molar-refractivity contribution in [3.05, 3.63) is 82.3 Å². The van der Waals surface area contributed by atoms with Crippen LogP contribution in [-0.2, 0) is 70.4 Å². The van der Waals surface area contributed by atoms with Crippen molar-refractivity contribution in [1.29, 1.82) is 0 Å². The van der Waals surface area contributed by atoms with E-state index < -0.39 is 125 Å². The number of carbonyl (C=O) groups is 11. The van der Waals surface area contributed by atoms with E-state index in [2.05, 4.69) is 52.8 Å². The second-order valence-corrected chi connectivity index (χ2v) is 27.6. The monoisotopic (exact) mass is 1400 g/mol. The number of amides is 12. The first-order chi connectivity index (χ1) is 46.9. The summed E-state index contributed by atoms with van der Waals surface area (Å²) in [5.41, 5.74) is 11.3. The van der Waals surface area contributed by atoms with Gasteiger partial charge in [0, 0.05) is 64.6 Å². The maximum absolute atomic E-state index is 14.8. The highest BCUT2D eigenvalue weighted by Gasteiger charge is 2.44. The van der Waals surface area contributed by atoms with Gasteiger partial charge in [-0.3, -0.25) is 43.2 Å². The summed E-state index contributed by atoms with van der Waals surface area (Å²) in [6, 6.07) is 8.49. The molecule has 12 amide bonds. The molecule has 0 saturated carbocycles. The van der Waals surface area contributed by atoms with E-state index in [0.717, 1.165) is 10.6 Å². The number of urea groups is 1. The summed E-state index contributed by atoms with van der Waals surface area (Å²) in [5, 5.41) is 27.4. The van der Waals surface area contributed by atoms with E-state index in [1.807, 2.05) is 56.5 Å². The van der Waals surface area contributed by atoms with Gasteiger partial charge in [-0.05, 0) is 113 Å². The number of rotatable bonds is 41. The molecule has 12 atom stereocenters. The minimum absolute atomic E-state index is 0.0330. The van der Waals surface area contributed by atoms with Gasteiger partial charge in [-0.25, -0.2) is 14.6 Å². The molecule has 1 saturated heterocycles. The average Bonchev–Trinajstić information content (AvgIpc) is 1.78. The number of carbonyl (C=O) groups excluding carboxylic acids is 11. The lowest BCUT2D eigenvalue weighted by Crippen LogP contribution is -2.62. The zero-order chi connectivity index (χ0) is 73.7. The Morgan fingerprint density at radius 1 is 0.727 bits per heavy atom. The smallest absolute Gasteiger partial charge is 0.408 e. The number of nitrogens with two attached hydrogens (primary N) is 2. The summed E-state index contributed by atoms with van der Waals surface area (Å²) in [4.78, 5) is 156. The van der Waals surface area contributed by atoms with Crippen LogP contribution in [0.1, 0.15) is 163 Å². The van der Waals surface area contributed by atoms with E-state index in [4.69, 9.17) is 25.7 Å². The fourth-order valence-electron chi connectivity index (χ4n) is 11.8. The van der Waals surface area contributed by atoms with Crippen molar-refractivity contribution in [2.24, 2.45) is 35.1 Å². The van der Waals surface area contributed by atoms with E-state index >= 15 is 0 Å². The van der Waals surface area contributed by atoms with Crippen LogP contribution < -0.4 is 59.3 Å². The molecule has 0 spiro atoms. The van der Waals surface area contributed by atoms with E-state index in [0.29, 0.717) is 69.3 Å². The molecule has 4 rings (SSSR count). The quantitative estimate of drug-likeness (QED) is 0.0338. The van der Waals surface area contributed by atoms with Gasteiger partial charge >= 0.3 is 12.1 Å². The Balaban J connectivity index is 1.38. The fourth-order valence-corrected chi connectivity index (χ4v) is 12.5. The number of benzene rings is 2. The molecule has 0 aliphatic carbocycles. The number of methoxy groups -OCH3 is 2. The average molecular weight is 1400 g/mol. The van der Waals surface area contributed by atoms with Crippen molar-refractivity contribution in [3.8, 4) is 0 Å². The standard InChI is InChI=1S/C70H110N14O14S/c1-15-43(7)58(53(96-13)39-55(86)84-36-23-28-52(84)59(97-14)44(8)60(87)79-51(65-74-35-37-99-65)38-46-24-18-17-19-25-46)83(12)66(92)57(42(5)6)81-67(93)70(10,11)82-69(95)98-40-47-29-31-48(32-30-47)76-62(89)50(27-22-34-75-68(72)94)78-64(91)56(41(3)4)80-63(90)49(77-61(88)45(9)71)26-20-21-33-73-54(85)16-2/h17-19,24-25,29-32,35,37,41-45,49-53,56-59H,15-16,20-23,26-28,33-34,36,38-40,71H2,1-14H3,(H,73,85)(H,76,89)(H,77,88)(H,78,91)(H,79,87)(H,80,90)(H,81,93)(H,82,95)(H3,72,75,94)/t43-,44?,45+,49-,50-,51-,52?,53+,56-,57-,58-,59+/m0/s1. The van der Waals surface area contributed by atoms with Gasteiger partial charge in [0.1, 0.15) is 41.3 Å². The van der Waals surface area contributed by atoms with Gasteiger partial charge in [-0.2, -0.15) is 0 Å². The topological polar surface area (TPSA) is 395 Å². The third kappa shape index (κ3) is 26.4. The molecule has 550 valence electrons. The van der Waals surface area contributed by atoms with E-state index in [9.17, 15) is 52.7 Å². The van der Waals surface area contributed by atoms with Crippen LogP contribution in [0.4, 0.5) is 15.3 Å². The third-order valence-electron chi connectivity index (χ3n) is 17.9. The fraction of sp³-hybridized carbons (Fsp3) is 0.629. The largest absolute Gasteiger partial charge is 0.445 e. The molecule has 99 heavy (non-hydrogen) atoms. The highest BCUT2D eigenvalue weighted by Crippen LogP contribution is 2.31. The van der Waals surface area contributed by atoms with Crippen LogP contribution in [0, 0.1) is 23.7 Å². The summed E-state index contributed by atoms with van der Waals surface area (Å²) in [5.74, 6) is -6.00. The summed E-state index contributed by atoms with van der Waals surface area (Å²) >= 11 is 1.46. The highest BCUT2D eigenvalue weighted by atomic mass is 32.1. The highest BCUT2D eigenvalue weighted by molar-refractivity contribution is 7.09. The van der Waals surface area contributed by atoms with Gasteiger partial charge in [0.05, 0.1) is 48.7 Å². The predicted molar refractivity (Wildman–Crippen MR) is 377 cm³/mol. The Hall–Kier alpha value is -8.28. The zero-order valence-corrected chi connectivity index (χ0v) is 61.0. The van der Waals surface area contributed by atoms with Crippen LogP contribution in [0.5, 0.6) is 0 Å². The van der Waals surface area contributed by atoms with Gasteiger partial charge in [0.25, 0.3) is 0 Å². The molecule has 2 heterocycles. The number of thiazole rings is 1. The van der Waals surface area contributed by atoms with Gasteiger partial charge < -0.3 is 83.3 Å². The Morgan fingerprint density at radius 3 is 1.95 bits per heavy atom. The first-order valence-electron chi connectivity index (χ1n) is 34.4. The van der Waals surface area contributed by atoms with Crippen molar-refractivity contribution in [2.45, 2.75) is 219 Å². The minimum atomic E-state index is -1.60. The summed E-state index contributed by atoms with van der Waals surface area (Å²) in [6.07, 6.45) is 3.43. The van der Waals surface area contributed by atoms with Gasteiger partial charge in [0.15, 0.2) is 0 Å². The van der Waals surface area contributed by atoms with Gasteiger partial charge in [-0.15, -0.1) is 11.3 Å². The molecule has 28 nitrogen and oxygen atoms in total. The number of hydrogen-bond donors (Lipinski definition) is 11. The molecule has 1 fully saturated rings. The number of aromatic nitrogens is 1. The third-order valence-corrected chi connectivity index (χ3v) is 18.7. The lowest BCUT2D eigenvalue weighted by molar-refractivity contribution is -0.148. The Labute approximate surface area is 587 Å². The van der Waals surface area contributed by atoms with Crippen molar-refractivity contribution in [2.75, 3.05) is 46.2 Å². The Bertz CT molecular complexity index is 3100. The number of nitrogens with one attached hydrogen (secondary N) is 9.